The van der Waals surface area contributed by atoms with Crippen molar-refractivity contribution >= 4 is 22.6 Å². The maximum atomic E-state index is 12.9. The van der Waals surface area contributed by atoms with Gasteiger partial charge in [0.25, 0.3) is 5.91 Å². The van der Waals surface area contributed by atoms with Crippen LogP contribution in [-0.2, 0) is 7.05 Å². The Morgan fingerprint density at radius 1 is 1.28 bits per heavy atom. The third-order valence-corrected chi connectivity index (χ3v) is 4.77. The van der Waals surface area contributed by atoms with Crippen molar-refractivity contribution in [3.63, 3.8) is 0 Å². The van der Waals surface area contributed by atoms with E-state index in [-0.39, 0.29) is 17.7 Å². The highest BCUT2D eigenvalue weighted by Gasteiger charge is 2.31. The molecule has 0 saturated carbocycles. The Morgan fingerprint density at radius 3 is 2.96 bits per heavy atom. The highest BCUT2D eigenvalue weighted by atomic mass is 16.2. The lowest BCUT2D eigenvalue weighted by Gasteiger charge is -2.24. The van der Waals surface area contributed by atoms with E-state index >= 15 is 0 Å². The van der Waals surface area contributed by atoms with Gasteiger partial charge in [-0.3, -0.25) is 19.4 Å². The molecule has 7 nitrogen and oxygen atoms in total. The summed E-state index contributed by atoms with van der Waals surface area (Å²) in [6.45, 7) is 0.688. The Bertz CT molecular complexity index is 942. The Kier molecular flexibility index (Phi) is 3.83. The maximum Gasteiger partial charge on any atom is 0.254 e. The second-order valence-corrected chi connectivity index (χ2v) is 6.50. The van der Waals surface area contributed by atoms with Gasteiger partial charge in [-0.15, -0.1) is 0 Å². The maximum absolute atomic E-state index is 12.9. The molecule has 0 aliphatic carbocycles. The Balaban J connectivity index is 1.52. The minimum atomic E-state index is -0.0553. The van der Waals surface area contributed by atoms with Crippen LogP contribution in [0.5, 0.6) is 0 Å². The highest BCUT2D eigenvalue weighted by molar-refractivity contribution is 5.99. The molecule has 128 valence electrons. The number of benzene rings is 1. The Labute approximate surface area is 144 Å². The summed E-state index contributed by atoms with van der Waals surface area (Å²) < 4.78 is 1.62. The van der Waals surface area contributed by atoms with Crippen LogP contribution in [-0.4, -0.2) is 49.2 Å². The van der Waals surface area contributed by atoms with Crippen LogP contribution in [0.2, 0.25) is 0 Å². The predicted molar refractivity (Wildman–Crippen MR) is 92.3 cm³/mol. The quantitative estimate of drug-likeness (QED) is 0.740. The van der Waals surface area contributed by atoms with Crippen molar-refractivity contribution in [2.24, 2.45) is 7.05 Å². The number of Topliss-reactive ketones (excluding diaryl/α,β-unsaturated/α-hetero) is 1. The number of ketones is 1. The van der Waals surface area contributed by atoms with Gasteiger partial charge >= 0.3 is 0 Å². The van der Waals surface area contributed by atoms with Crippen molar-refractivity contribution in [2.45, 2.75) is 25.3 Å². The highest BCUT2D eigenvalue weighted by Crippen LogP contribution is 2.25. The van der Waals surface area contributed by atoms with E-state index in [0.29, 0.717) is 24.1 Å². The topological polar surface area (TPSA) is 83.9 Å². The van der Waals surface area contributed by atoms with E-state index in [2.05, 4.69) is 15.3 Å². The van der Waals surface area contributed by atoms with Gasteiger partial charge in [0.15, 0.2) is 5.78 Å². The molecule has 1 atom stereocenters. The number of rotatable bonds is 4. The number of likely N-dealkylation sites (tertiary alicyclic amines) is 1. The summed E-state index contributed by atoms with van der Waals surface area (Å²) in [6, 6.07) is 5.46. The van der Waals surface area contributed by atoms with Crippen LogP contribution in [0.4, 0.5) is 0 Å². The fourth-order valence-corrected chi connectivity index (χ4v) is 3.45. The van der Waals surface area contributed by atoms with Crippen LogP contribution in [0.15, 0.2) is 36.8 Å². The second-order valence-electron chi connectivity index (χ2n) is 6.50. The first-order valence-corrected chi connectivity index (χ1v) is 8.38. The number of aromatic amines is 1. The van der Waals surface area contributed by atoms with Crippen LogP contribution in [0.25, 0.3) is 10.9 Å². The van der Waals surface area contributed by atoms with E-state index < -0.39 is 0 Å². The van der Waals surface area contributed by atoms with Crippen molar-refractivity contribution < 1.29 is 9.59 Å². The minimum Gasteiger partial charge on any atom is -0.335 e. The number of carbonyl (C=O) groups is 2. The van der Waals surface area contributed by atoms with Gasteiger partial charge in [-0.05, 0) is 31.0 Å². The lowest BCUT2D eigenvalue weighted by molar-refractivity contribution is 0.0717. The smallest absolute Gasteiger partial charge is 0.254 e. The zero-order valence-electron chi connectivity index (χ0n) is 14.0. The molecule has 1 aromatic carbocycles. The van der Waals surface area contributed by atoms with Gasteiger partial charge < -0.3 is 4.90 Å². The lowest BCUT2D eigenvalue weighted by Crippen LogP contribution is -2.36. The molecule has 3 heterocycles. The SMILES string of the molecule is Cn1cc(C(=O)C[C@@H]2CCCN2C(=O)c2ccc3[nH]ncc3c2)cn1. The zero-order valence-corrected chi connectivity index (χ0v) is 14.0. The van der Waals surface area contributed by atoms with Crippen LogP contribution >= 0.6 is 0 Å². The number of carbonyl (C=O) groups excluding carboxylic acids is 2. The average molecular weight is 337 g/mol. The van der Waals surface area contributed by atoms with E-state index in [1.165, 1.54) is 0 Å². The van der Waals surface area contributed by atoms with Crippen molar-refractivity contribution in [1.82, 2.24) is 24.9 Å². The largest absolute Gasteiger partial charge is 0.335 e. The molecular formula is C18H19N5O2. The van der Waals surface area contributed by atoms with Crippen molar-refractivity contribution in [3.05, 3.63) is 47.9 Å². The van der Waals surface area contributed by atoms with E-state index in [9.17, 15) is 9.59 Å². The fraction of sp³-hybridized carbons (Fsp3) is 0.333. The number of amides is 1. The third-order valence-electron chi connectivity index (χ3n) is 4.77. The van der Waals surface area contributed by atoms with E-state index in [4.69, 9.17) is 0 Å². The summed E-state index contributed by atoms with van der Waals surface area (Å²) in [7, 11) is 1.79. The molecule has 25 heavy (non-hydrogen) atoms. The number of nitrogens with one attached hydrogen (secondary N) is 1. The fourth-order valence-electron chi connectivity index (χ4n) is 3.45. The van der Waals surface area contributed by atoms with Crippen molar-refractivity contribution in [1.29, 1.82) is 0 Å². The lowest BCUT2D eigenvalue weighted by atomic mass is 10.0. The van der Waals surface area contributed by atoms with Crippen molar-refractivity contribution in [2.75, 3.05) is 6.54 Å². The normalized spacial score (nSPS) is 17.3. The average Bonchev–Trinajstić information content (AvgIpc) is 3.33. The molecule has 0 radical (unpaired) electrons. The third kappa shape index (κ3) is 2.93. The Morgan fingerprint density at radius 2 is 2.16 bits per heavy atom. The molecule has 1 saturated heterocycles. The second kappa shape index (κ2) is 6.16. The van der Waals surface area contributed by atoms with Gasteiger partial charge in [0.1, 0.15) is 0 Å². The molecule has 7 heteroatoms. The van der Waals surface area contributed by atoms with Crippen LogP contribution in [0, 0.1) is 0 Å². The first-order chi connectivity index (χ1) is 12.1. The molecule has 0 bridgehead atoms. The molecule has 1 N–H and O–H groups in total. The number of fused-ring (bicyclic) bond motifs is 1. The summed E-state index contributed by atoms with van der Waals surface area (Å²) in [5.41, 5.74) is 2.14. The standard InChI is InChI=1S/C18H19N5O2/c1-22-11-14(10-20-22)17(24)8-15-3-2-6-23(15)18(25)12-4-5-16-13(7-12)9-19-21-16/h4-5,7,9-11,15H,2-3,6,8H2,1H3,(H,19,21)/t15-/m0/s1. The molecule has 0 unspecified atom stereocenters. The van der Waals surface area contributed by atoms with Crippen molar-refractivity contribution in [3.8, 4) is 0 Å². The van der Waals surface area contributed by atoms with Gasteiger partial charge in [0.2, 0.25) is 0 Å². The minimum absolute atomic E-state index is 0.0235. The molecular weight excluding hydrogens is 318 g/mol. The monoisotopic (exact) mass is 337 g/mol. The van der Waals surface area contributed by atoms with Gasteiger partial charge in [-0.2, -0.15) is 10.2 Å². The number of hydrogen-bond donors (Lipinski definition) is 1. The first kappa shape index (κ1) is 15.6. The molecule has 0 spiro atoms. The number of H-pyrrole nitrogens is 1. The number of nitrogens with zero attached hydrogens (tertiary/aromatic N) is 4. The number of hydrogen-bond acceptors (Lipinski definition) is 4. The van der Waals surface area contributed by atoms with Crippen LogP contribution in [0.3, 0.4) is 0 Å². The van der Waals surface area contributed by atoms with E-state index in [0.717, 1.165) is 23.7 Å². The van der Waals surface area contributed by atoms with Crippen LogP contribution in [0.1, 0.15) is 40.0 Å². The zero-order chi connectivity index (χ0) is 17.4. The molecule has 4 rings (SSSR count). The Hall–Kier alpha value is -2.96. The summed E-state index contributed by atoms with van der Waals surface area (Å²) in [4.78, 5) is 27.2. The predicted octanol–water partition coefficient (Wildman–Crippen LogP) is 2.17. The molecule has 1 aliphatic rings. The van der Waals surface area contributed by atoms with E-state index in [1.807, 2.05) is 17.0 Å². The summed E-state index contributed by atoms with van der Waals surface area (Å²) in [6.07, 6.45) is 7.12. The molecule has 3 aromatic rings. The molecule has 1 fully saturated rings. The first-order valence-electron chi connectivity index (χ1n) is 8.38. The molecule has 1 amide bonds. The molecule has 1 aliphatic heterocycles. The summed E-state index contributed by atoms with van der Waals surface area (Å²) in [5, 5.41) is 11.8. The number of aromatic nitrogens is 4. The van der Waals surface area contributed by atoms with Gasteiger partial charge in [-0.1, -0.05) is 0 Å². The van der Waals surface area contributed by atoms with Gasteiger partial charge in [0.05, 0.1) is 23.5 Å². The number of aryl methyl sites for hydroxylation is 1. The van der Waals surface area contributed by atoms with Crippen LogP contribution < -0.4 is 0 Å². The summed E-state index contributed by atoms with van der Waals surface area (Å²) >= 11 is 0. The van der Waals surface area contributed by atoms with E-state index in [1.54, 1.807) is 36.4 Å². The van der Waals surface area contributed by atoms with Gasteiger partial charge in [-0.25, -0.2) is 0 Å². The van der Waals surface area contributed by atoms with Gasteiger partial charge in [0, 0.05) is 43.2 Å². The molecule has 2 aromatic heterocycles. The summed E-state index contributed by atoms with van der Waals surface area (Å²) in [5.74, 6) is 0.00710.